The van der Waals surface area contributed by atoms with Gasteiger partial charge in [0.25, 0.3) is 0 Å². The molecule has 0 unspecified atom stereocenters. The monoisotopic (exact) mass is 211 g/mol. The lowest BCUT2D eigenvalue weighted by molar-refractivity contribution is 1.37. The van der Waals surface area contributed by atoms with Gasteiger partial charge < -0.3 is 0 Å². The fraction of sp³-hybridized carbons (Fsp3) is 0. The summed E-state index contributed by atoms with van der Waals surface area (Å²) >= 11 is 1.77. The molecule has 72 valence electrons. The maximum Gasteiger partial charge on any atom is 0.0452 e. The van der Waals surface area contributed by atoms with E-state index in [9.17, 15) is 0 Å². The molecule has 1 aromatic carbocycles. The largest absolute Gasteiger partial charge is 0.263 e. The van der Waals surface area contributed by atoms with Crippen molar-refractivity contribution >= 4 is 21.4 Å². The van der Waals surface area contributed by atoms with Crippen molar-refractivity contribution < 1.29 is 0 Å². The maximum atomic E-state index is 4.27. The molecule has 0 amide bonds. The average Bonchev–Trinajstić information content (AvgIpc) is 2.78. The molecule has 2 heteroatoms. The lowest BCUT2D eigenvalue weighted by atomic mass is 10.1. The van der Waals surface area contributed by atoms with E-state index >= 15 is 0 Å². The summed E-state index contributed by atoms with van der Waals surface area (Å²) in [4.78, 5) is 4.27. The fourth-order valence-corrected chi connectivity index (χ4v) is 2.62. The highest BCUT2D eigenvalue weighted by molar-refractivity contribution is 7.17. The number of benzene rings is 1. The average molecular weight is 211 g/mol. The Kier molecular flexibility index (Phi) is 2.00. The number of hydrogen-bond acceptors (Lipinski definition) is 2. The van der Waals surface area contributed by atoms with Crippen LogP contribution in [-0.4, -0.2) is 4.98 Å². The minimum absolute atomic E-state index is 1.22. The molecule has 0 aliphatic rings. The van der Waals surface area contributed by atoms with E-state index in [0.29, 0.717) is 0 Å². The molecule has 0 bridgehead atoms. The molecule has 0 saturated carbocycles. The second kappa shape index (κ2) is 3.48. The third-order valence-electron chi connectivity index (χ3n) is 2.44. The number of hydrogen-bond donors (Lipinski definition) is 0. The van der Waals surface area contributed by atoms with Crippen LogP contribution in [0.1, 0.15) is 0 Å². The maximum absolute atomic E-state index is 4.27. The van der Waals surface area contributed by atoms with Crippen LogP contribution in [0.15, 0.2) is 54.2 Å². The van der Waals surface area contributed by atoms with E-state index in [1.165, 1.54) is 21.2 Å². The van der Waals surface area contributed by atoms with Gasteiger partial charge in [-0.1, -0.05) is 30.3 Å². The fourth-order valence-electron chi connectivity index (χ4n) is 1.71. The Morgan fingerprint density at radius 3 is 2.67 bits per heavy atom. The minimum Gasteiger partial charge on any atom is -0.263 e. The molecule has 0 fully saturated rings. The van der Waals surface area contributed by atoms with Crippen molar-refractivity contribution in [1.82, 2.24) is 4.98 Å². The van der Waals surface area contributed by atoms with E-state index < -0.39 is 0 Å². The van der Waals surface area contributed by atoms with Crippen LogP contribution >= 0.6 is 11.3 Å². The first-order valence-corrected chi connectivity index (χ1v) is 5.70. The van der Waals surface area contributed by atoms with Crippen molar-refractivity contribution in [2.24, 2.45) is 0 Å². The summed E-state index contributed by atoms with van der Waals surface area (Å²) in [6.07, 6.45) is 3.85. The van der Waals surface area contributed by atoms with Crippen molar-refractivity contribution in [1.29, 1.82) is 0 Å². The van der Waals surface area contributed by atoms with Gasteiger partial charge in [0, 0.05) is 28.0 Å². The van der Waals surface area contributed by atoms with Crippen molar-refractivity contribution in [2.45, 2.75) is 0 Å². The zero-order valence-corrected chi connectivity index (χ0v) is 8.87. The third-order valence-corrected chi connectivity index (χ3v) is 3.41. The van der Waals surface area contributed by atoms with Gasteiger partial charge in [0.1, 0.15) is 0 Å². The number of rotatable bonds is 1. The Labute approximate surface area is 92.0 Å². The number of thiophene rings is 1. The van der Waals surface area contributed by atoms with Gasteiger partial charge in [-0.15, -0.1) is 11.3 Å². The molecule has 0 atom stereocenters. The SMILES string of the molecule is c1ccc(-c2cncc3ccsc23)cc1. The summed E-state index contributed by atoms with van der Waals surface area (Å²) in [6, 6.07) is 12.5. The zero-order chi connectivity index (χ0) is 10.1. The standard InChI is InChI=1S/C13H9NS/c1-2-4-10(5-3-1)12-9-14-8-11-6-7-15-13(11)12/h1-9H. The van der Waals surface area contributed by atoms with E-state index in [1.54, 1.807) is 11.3 Å². The number of nitrogens with zero attached hydrogens (tertiary/aromatic N) is 1. The molecule has 15 heavy (non-hydrogen) atoms. The highest BCUT2D eigenvalue weighted by Crippen LogP contribution is 2.31. The van der Waals surface area contributed by atoms with Crippen LogP contribution in [0.5, 0.6) is 0 Å². The molecule has 2 aromatic heterocycles. The Bertz CT molecular complexity index is 584. The summed E-state index contributed by atoms with van der Waals surface area (Å²) in [5.74, 6) is 0. The lowest BCUT2D eigenvalue weighted by Crippen LogP contribution is -1.79. The summed E-state index contributed by atoms with van der Waals surface area (Å²) in [5.41, 5.74) is 2.46. The van der Waals surface area contributed by atoms with Gasteiger partial charge in [-0.3, -0.25) is 4.98 Å². The van der Waals surface area contributed by atoms with E-state index in [2.05, 4.69) is 40.7 Å². The van der Waals surface area contributed by atoms with Gasteiger partial charge in [0.15, 0.2) is 0 Å². The lowest BCUT2D eigenvalue weighted by Gasteiger charge is -2.01. The van der Waals surface area contributed by atoms with E-state index in [1.807, 2.05) is 18.5 Å². The summed E-state index contributed by atoms with van der Waals surface area (Å²) in [7, 11) is 0. The second-order valence-electron chi connectivity index (χ2n) is 3.39. The molecule has 3 rings (SSSR count). The van der Waals surface area contributed by atoms with Crippen LogP contribution in [0.4, 0.5) is 0 Å². The Hall–Kier alpha value is -1.67. The first-order chi connectivity index (χ1) is 7.45. The van der Waals surface area contributed by atoms with Crippen molar-refractivity contribution in [3.05, 3.63) is 54.2 Å². The van der Waals surface area contributed by atoms with Crippen LogP contribution in [0.3, 0.4) is 0 Å². The Morgan fingerprint density at radius 1 is 0.933 bits per heavy atom. The summed E-state index contributed by atoms with van der Waals surface area (Å²) in [6.45, 7) is 0. The van der Waals surface area contributed by atoms with Gasteiger partial charge in [0.2, 0.25) is 0 Å². The van der Waals surface area contributed by atoms with Crippen LogP contribution in [0.2, 0.25) is 0 Å². The van der Waals surface area contributed by atoms with Crippen molar-refractivity contribution in [3.8, 4) is 11.1 Å². The predicted molar refractivity (Wildman–Crippen MR) is 65.1 cm³/mol. The van der Waals surface area contributed by atoms with E-state index in [-0.39, 0.29) is 0 Å². The molecule has 1 nitrogen and oxygen atoms in total. The van der Waals surface area contributed by atoms with Crippen molar-refractivity contribution in [2.75, 3.05) is 0 Å². The topological polar surface area (TPSA) is 12.9 Å². The van der Waals surface area contributed by atoms with Gasteiger partial charge in [-0.2, -0.15) is 0 Å². The molecule has 0 N–H and O–H groups in total. The minimum atomic E-state index is 1.22. The molecular weight excluding hydrogens is 202 g/mol. The molecule has 0 saturated heterocycles. The second-order valence-corrected chi connectivity index (χ2v) is 4.31. The van der Waals surface area contributed by atoms with E-state index in [4.69, 9.17) is 0 Å². The quantitative estimate of drug-likeness (QED) is 0.593. The predicted octanol–water partition coefficient (Wildman–Crippen LogP) is 3.96. The van der Waals surface area contributed by atoms with Gasteiger partial charge in [0.05, 0.1) is 0 Å². The molecule has 0 radical (unpaired) electrons. The molecule has 0 spiro atoms. The number of fused-ring (bicyclic) bond motifs is 1. The van der Waals surface area contributed by atoms with Crippen LogP contribution < -0.4 is 0 Å². The first kappa shape index (κ1) is 8.62. The highest BCUT2D eigenvalue weighted by atomic mass is 32.1. The van der Waals surface area contributed by atoms with Crippen molar-refractivity contribution in [3.63, 3.8) is 0 Å². The van der Waals surface area contributed by atoms with Gasteiger partial charge >= 0.3 is 0 Å². The summed E-state index contributed by atoms with van der Waals surface area (Å²) in [5, 5.41) is 3.33. The van der Waals surface area contributed by atoms with Gasteiger partial charge in [-0.25, -0.2) is 0 Å². The van der Waals surface area contributed by atoms with Gasteiger partial charge in [-0.05, 0) is 17.0 Å². The highest BCUT2D eigenvalue weighted by Gasteiger charge is 2.04. The summed E-state index contributed by atoms with van der Waals surface area (Å²) < 4.78 is 1.32. The van der Waals surface area contributed by atoms with Crippen LogP contribution in [0, 0.1) is 0 Å². The van der Waals surface area contributed by atoms with Crippen LogP contribution in [0.25, 0.3) is 21.2 Å². The third kappa shape index (κ3) is 1.43. The van der Waals surface area contributed by atoms with E-state index in [0.717, 1.165) is 0 Å². The molecule has 0 aliphatic heterocycles. The number of aromatic nitrogens is 1. The van der Waals surface area contributed by atoms with Crippen LogP contribution in [-0.2, 0) is 0 Å². The normalized spacial score (nSPS) is 10.7. The Balaban J connectivity index is 2.31. The Morgan fingerprint density at radius 2 is 1.80 bits per heavy atom. The molecule has 2 heterocycles. The zero-order valence-electron chi connectivity index (χ0n) is 8.05. The molecule has 3 aromatic rings. The number of pyridine rings is 1. The smallest absolute Gasteiger partial charge is 0.0452 e. The molecule has 0 aliphatic carbocycles. The first-order valence-electron chi connectivity index (χ1n) is 4.82. The molecular formula is C13H9NS.